The van der Waals surface area contributed by atoms with Crippen LogP contribution in [0.2, 0.25) is 0 Å². The molecule has 1 aromatic heterocycles. The highest BCUT2D eigenvalue weighted by molar-refractivity contribution is 5.96. The summed E-state index contributed by atoms with van der Waals surface area (Å²) < 4.78 is 24.0. The molecule has 28 heavy (non-hydrogen) atoms. The van der Waals surface area contributed by atoms with Gasteiger partial charge in [-0.25, -0.2) is 9.37 Å². The summed E-state index contributed by atoms with van der Waals surface area (Å²) in [6.45, 7) is 2.58. The normalized spacial score (nSPS) is 11.1. The van der Waals surface area contributed by atoms with Gasteiger partial charge in [-0.2, -0.15) is 0 Å². The fraction of sp³-hybridized carbons (Fsp3) is 0.143. The summed E-state index contributed by atoms with van der Waals surface area (Å²) in [6.07, 6.45) is 1.52. The van der Waals surface area contributed by atoms with Crippen molar-refractivity contribution in [3.8, 4) is 17.4 Å². The second-order valence-electron chi connectivity index (χ2n) is 5.86. The molecule has 7 heteroatoms. The summed E-state index contributed by atoms with van der Waals surface area (Å²) in [6, 6.07) is 16.8. The highest BCUT2D eigenvalue weighted by Crippen LogP contribution is 2.19. The van der Waals surface area contributed by atoms with Gasteiger partial charge in [0.1, 0.15) is 23.9 Å². The fourth-order valence-corrected chi connectivity index (χ4v) is 2.29. The molecule has 2 aromatic carbocycles. The number of pyridine rings is 1. The SMILES string of the molecule is Cc1ccccc1OCCO/N=C(/N)c1ccc(Oc2ccc(F)cc2)nc1. The molecule has 0 aliphatic rings. The number of hydrogen-bond acceptors (Lipinski definition) is 5. The van der Waals surface area contributed by atoms with Gasteiger partial charge >= 0.3 is 0 Å². The second-order valence-corrected chi connectivity index (χ2v) is 5.86. The van der Waals surface area contributed by atoms with E-state index in [9.17, 15) is 4.39 Å². The van der Waals surface area contributed by atoms with E-state index in [0.717, 1.165) is 11.3 Å². The minimum atomic E-state index is -0.330. The molecule has 0 aliphatic carbocycles. The van der Waals surface area contributed by atoms with Crippen molar-refractivity contribution in [3.63, 3.8) is 0 Å². The van der Waals surface area contributed by atoms with E-state index in [1.165, 1.54) is 30.5 Å². The first-order valence-electron chi connectivity index (χ1n) is 8.65. The molecule has 0 atom stereocenters. The molecule has 1 heterocycles. The van der Waals surface area contributed by atoms with E-state index in [0.29, 0.717) is 23.8 Å². The number of para-hydroxylation sites is 1. The van der Waals surface area contributed by atoms with Crippen molar-refractivity contribution < 1.29 is 18.7 Å². The van der Waals surface area contributed by atoms with Crippen molar-refractivity contribution in [1.82, 2.24) is 4.98 Å². The molecule has 0 aliphatic heterocycles. The maximum atomic E-state index is 12.9. The standard InChI is InChI=1S/C21H20FN3O3/c1-15-4-2-3-5-19(15)26-12-13-27-25-21(23)16-6-11-20(24-14-16)28-18-9-7-17(22)8-10-18/h2-11,14H,12-13H2,1H3,(H2,23,25). The Morgan fingerprint density at radius 2 is 1.82 bits per heavy atom. The zero-order valence-corrected chi connectivity index (χ0v) is 15.3. The van der Waals surface area contributed by atoms with E-state index >= 15 is 0 Å². The number of aromatic nitrogens is 1. The molecule has 2 N–H and O–H groups in total. The van der Waals surface area contributed by atoms with Gasteiger partial charge in [0.05, 0.1) is 0 Å². The number of benzene rings is 2. The van der Waals surface area contributed by atoms with E-state index < -0.39 is 0 Å². The first-order chi connectivity index (χ1) is 13.6. The van der Waals surface area contributed by atoms with E-state index in [1.54, 1.807) is 12.1 Å². The molecule has 0 radical (unpaired) electrons. The minimum Gasteiger partial charge on any atom is -0.490 e. The first-order valence-corrected chi connectivity index (χ1v) is 8.65. The quantitative estimate of drug-likeness (QED) is 0.276. The van der Waals surface area contributed by atoms with Crippen LogP contribution in [0.15, 0.2) is 72.0 Å². The van der Waals surface area contributed by atoms with E-state index in [2.05, 4.69) is 10.1 Å². The molecule has 3 rings (SSSR count). The van der Waals surface area contributed by atoms with Gasteiger partial charge in [-0.05, 0) is 48.9 Å². The Balaban J connectivity index is 1.47. The number of amidine groups is 1. The zero-order chi connectivity index (χ0) is 19.8. The molecule has 0 saturated heterocycles. The van der Waals surface area contributed by atoms with Crippen LogP contribution in [-0.2, 0) is 4.84 Å². The van der Waals surface area contributed by atoms with Gasteiger partial charge in [0.25, 0.3) is 0 Å². The minimum absolute atomic E-state index is 0.191. The molecule has 0 spiro atoms. The van der Waals surface area contributed by atoms with Gasteiger partial charge in [-0.15, -0.1) is 0 Å². The molecular formula is C21H20FN3O3. The molecule has 0 bridgehead atoms. The molecule has 6 nitrogen and oxygen atoms in total. The molecular weight excluding hydrogens is 361 g/mol. The Morgan fingerprint density at radius 1 is 1.04 bits per heavy atom. The summed E-state index contributed by atoms with van der Waals surface area (Å²) in [7, 11) is 0. The number of nitrogens with zero attached hydrogens (tertiary/aromatic N) is 2. The average molecular weight is 381 g/mol. The summed E-state index contributed by atoms with van der Waals surface area (Å²) in [5.41, 5.74) is 7.54. The summed E-state index contributed by atoms with van der Waals surface area (Å²) >= 11 is 0. The number of hydrogen-bond donors (Lipinski definition) is 1. The third-order valence-electron chi connectivity index (χ3n) is 3.76. The van der Waals surface area contributed by atoms with Gasteiger partial charge in [-0.3, -0.25) is 0 Å². The van der Waals surface area contributed by atoms with Crippen LogP contribution in [0.1, 0.15) is 11.1 Å². The number of oxime groups is 1. The lowest BCUT2D eigenvalue weighted by Crippen LogP contribution is -2.15. The van der Waals surface area contributed by atoms with E-state index in [1.807, 2.05) is 31.2 Å². The third kappa shape index (κ3) is 5.44. The van der Waals surface area contributed by atoms with Crippen LogP contribution in [0.3, 0.4) is 0 Å². The van der Waals surface area contributed by atoms with Crippen LogP contribution in [0.4, 0.5) is 4.39 Å². The van der Waals surface area contributed by atoms with E-state index in [-0.39, 0.29) is 18.3 Å². The number of halogens is 1. The van der Waals surface area contributed by atoms with Crippen molar-refractivity contribution >= 4 is 5.84 Å². The highest BCUT2D eigenvalue weighted by atomic mass is 19.1. The largest absolute Gasteiger partial charge is 0.490 e. The van der Waals surface area contributed by atoms with Crippen LogP contribution in [0.25, 0.3) is 0 Å². The Kier molecular flexibility index (Phi) is 6.41. The second kappa shape index (κ2) is 9.36. The van der Waals surface area contributed by atoms with Crippen molar-refractivity contribution in [2.24, 2.45) is 10.9 Å². The van der Waals surface area contributed by atoms with E-state index in [4.69, 9.17) is 20.0 Å². The first kappa shape index (κ1) is 19.2. The maximum Gasteiger partial charge on any atom is 0.219 e. The van der Waals surface area contributed by atoms with Crippen LogP contribution in [0, 0.1) is 12.7 Å². The third-order valence-corrected chi connectivity index (χ3v) is 3.76. The van der Waals surface area contributed by atoms with Gasteiger partial charge in [0.15, 0.2) is 12.4 Å². The van der Waals surface area contributed by atoms with Crippen LogP contribution >= 0.6 is 0 Å². The molecule has 0 saturated carbocycles. The summed E-state index contributed by atoms with van der Waals surface area (Å²) in [4.78, 5) is 9.35. The lowest BCUT2D eigenvalue weighted by Gasteiger charge is -2.08. The Labute approximate surface area is 162 Å². The average Bonchev–Trinajstić information content (AvgIpc) is 2.71. The van der Waals surface area contributed by atoms with Gasteiger partial charge in [-0.1, -0.05) is 23.4 Å². The summed E-state index contributed by atoms with van der Waals surface area (Å²) in [5, 5.41) is 3.86. The van der Waals surface area contributed by atoms with Crippen molar-refractivity contribution in [2.75, 3.05) is 13.2 Å². The Morgan fingerprint density at radius 3 is 2.54 bits per heavy atom. The molecule has 0 fully saturated rings. The monoisotopic (exact) mass is 381 g/mol. The maximum absolute atomic E-state index is 12.9. The van der Waals surface area contributed by atoms with Gasteiger partial charge < -0.3 is 20.0 Å². The van der Waals surface area contributed by atoms with Crippen molar-refractivity contribution in [2.45, 2.75) is 6.92 Å². The van der Waals surface area contributed by atoms with Gasteiger partial charge in [0.2, 0.25) is 5.88 Å². The number of nitrogens with two attached hydrogens (primary N) is 1. The van der Waals surface area contributed by atoms with Crippen LogP contribution in [-0.4, -0.2) is 24.0 Å². The van der Waals surface area contributed by atoms with Crippen LogP contribution in [0.5, 0.6) is 17.4 Å². The molecule has 144 valence electrons. The zero-order valence-electron chi connectivity index (χ0n) is 15.3. The predicted molar refractivity (Wildman–Crippen MR) is 104 cm³/mol. The predicted octanol–water partition coefficient (Wildman–Crippen LogP) is 4.04. The van der Waals surface area contributed by atoms with Crippen molar-refractivity contribution in [1.29, 1.82) is 0 Å². The fourth-order valence-electron chi connectivity index (χ4n) is 2.29. The smallest absolute Gasteiger partial charge is 0.219 e. The Hall–Kier alpha value is -3.61. The Bertz CT molecular complexity index is 928. The van der Waals surface area contributed by atoms with Gasteiger partial charge in [0, 0.05) is 17.8 Å². The summed E-state index contributed by atoms with van der Waals surface area (Å²) in [5.74, 6) is 1.51. The van der Waals surface area contributed by atoms with Crippen molar-refractivity contribution in [3.05, 3.63) is 83.8 Å². The molecule has 0 amide bonds. The number of aryl methyl sites for hydroxylation is 1. The van der Waals surface area contributed by atoms with Crippen LogP contribution < -0.4 is 15.2 Å². The number of ether oxygens (including phenoxy) is 2. The highest BCUT2D eigenvalue weighted by Gasteiger charge is 2.04. The number of rotatable bonds is 8. The molecule has 0 unspecified atom stereocenters. The lowest BCUT2D eigenvalue weighted by molar-refractivity contribution is 0.107. The topological polar surface area (TPSA) is 79.0 Å². The molecule has 3 aromatic rings. The lowest BCUT2D eigenvalue weighted by atomic mass is 10.2.